The van der Waals surface area contributed by atoms with Crippen molar-refractivity contribution in [2.45, 2.75) is 13.3 Å². The zero-order valence-corrected chi connectivity index (χ0v) is 12.9. The van der Waals surface area contributed by atoms with E-state index < -0.39 is 0 Å². The van der Waals surface area contributed by atoms with E-state index in [1.807, 2.05) is 6.07 Å². The summed E-state index contributed by atoms with van der Waals surface area (Å²) in [5.74, 6) is 0. The summed E-state index contributed by atoms with van der Waals surface area (Å²) in [5, 5.41) is 5.45. The monoisotopic (exact) mass is 300 g/mol. The highest BCUT2D eigenvalue weighted by molar-refractivity contribution is 7.16. The smallest absolute Gasteiger partial charge is 0.125 e. The van der Waals surface area contributed by atoms with Gasteiger partial charge in [-0.1, -0.05) is 30.3 Å². The van der Waals surface area contributed by atoms with Gasteiger partial charge in [0.1, 0.15) is 5.01 Å². The molecule has 2 heterocycles. The Morgan fingerprint density at radius 3 is 2.60 bits per heavy atom. The minimum absolute atomic E-state index is 0.657. The van der Waals surface area contributed by atoms with Crippen molar-refractivity contribution in [1.82, 2.24) is 4.98 Å². The molecule has 4 heteroatoms. The van der Waals surface area contributed by atoms with Crippen molar-refractivity contribution in [1.29, 1.82) is 0 Å². The maximum absolute atomic E-state index is 5.75. The number of thiazole rings is 1. The van der Waals surface area contributed by atoms with Gasteiger partial charge >= 0.3 is 0 Å². The van der Waals surface area contributed by atoms with Crippen molar-refractivity contribution in [3.63, 3.8) is 0 Å². The quantitative estimate of drug-likeness (QED) is 0.778. The first-order chi connectivity index (χ1) is 9.79. The molecule has 0 saturated heterocycles. The van der Waals surface area contributed by atoms with E-state index in [0.29, 0.717) is 6.54 Å². The predicted octanol–water partition coefficient (Wildman–Crippen LogP) is 4.35. The second kappa shape index (κ2) is 5.87. The summed E-state index contributed by atoms with van der Waals surface area (Å²) in [6.45, 7) is 2.79. The molecule has 102 valence electrons. The topological polar surface area (TPSA) is 38.9 Å². The Labute approximate surface area is 126 Å². The summed E-state index contributed by atoms with van der Waals surface area (Å²) in [6, 6.07) is 10.4. The molecule has 2 nitrogen and oxygen atoms in total. The molecule has 20 heavy (non-hydrogen) atoms. The van der Waals surface area contributed by atoms with Gasteiger partial charge in [-0.05, 0) is 30.8 Å². The van der Waals surface area contributed by atoms with Gasteiger partial charge in [-0.15, -0.1) is 11.3 Å². The molecule has 0 saturated carbocycles. The molecule has 3 aromatic rings. The first kappa shape index (κ1) is 13.5. The highest BCUT2D eigenvalue weighted by Crippen LogP contribution is 2.36. The van der Waals surface area contributed by atoms with E-state index >= 15 is 0 Å². The average molecular weight is 300 g/mol. The minimum atomic E-state index is 0.657. The van der Waals surface area contributed by atoms with Gasteiger partial charge in [-0.3, -0.25) is 0 Å². The van der Waals surface area contributed by atoms with Crippen molar-refractivity contribution in [2.24, 2.45) is 5.73 Å². The third-order valence-corrected chi connectivity index (χ3v) is 5.21. The second-order valence-corrected chi connectivity index (χ2v) is 6.49. The SMILES string of the molecule is Cc1cscc1-c1nc(-c2ccccc2)c(CCN)s1. The lowest BCUT2D eigenvalue weighted by atomic mass is 10.1. The van der Waals surface area contributed by atoms with Crippen molar-refractivity contribution in [3.05, 3.63) is 51.5 Å². The van der Waals surface area contributed by atoms with E-state index in [4.69, 9.17) is 10.7 Å². The molecule has 0 aliphatic heterocycles. The Bertz CT molecular complexity index is 698. The van der Waals surface area contributed by atoms with Crippen LogP contribution in [0.1, 0.15) is 10.4 Å². The molecule has 0 bridgehead atoms. The van der Waals surface area contributed by atoms with Crippen molar-refractivity contribution in [3.8, 4) is 21.8 Å². The molecule has 2 aromatic heterocycles. The van der Waals surface area contributed by atoms with Crippen LogP contribution in [-0.4, -0.2) is 11.5 Å². The van der Waals surface area contributed by atoms with Gasteiger partial charge in [0.25, 0.3) is 0 Å². The van der Waals surface area contributed by atoms with E-state index in [1.165, 1.54) is 21.6 Å². The third-order valence-electron chi connectivity index (χ3n) is 3.20. The van der Waals surface area contributed by atoms with Gasteiger partial charge in [-0.25, -0.2) is 4.98 Å². The minimum Gasteiger partial charge on any atom is -0.330 e. The molecule has 0 atom stereocenters. The Morgan fingerprint density at radius 1 is 1.15 bits per heavy atom. The molecule has 0 aliphatic rings. The molecule has 0 aliphatic carbocycles. The highest BCUT2D eigenvalue weighted by Gasteiger charge is 2.15. The second-order valence-electron chi connectivity index (χ2n) is 4.66. The normalized spacial score (nSPS) is 10.9. The number of benzene rings is 1. The number of thiophene rings is 1. The van der Waals surface area contributed by atoms with Crippen LogP contribution >= 0.6 is 22.7 Å². The van der Waals surface area contributed by atoms with Gasteiger partial charge in [0.15, 0.2) is 0 Å². The third kappa shape index (κ3) is 2.54. The van der Waals surface area contributed by atoms with Gasteiger partial charge in [0.05, 0.1) is 5.69 Å². The zero-order valence-electron chi connectivity index (χ0n) is 11.3. The largest absolute Gasteiger partial charge is 0.330 e. The number of aromatic nitrogens is 1. The molecule has 0 radical (unpaired) electrons. The molecule has 3 rings (SSSR count). The highest BCUT2D eigenvalue weighted by atomic mass is 32.1. The van der Waals surface area contributed by atoms with Crippen LogP contribution < -0.4 is 5.73 Å². The van der Waals surface area contributed by atoms with Crippen LogP contribution in [0.5, 0.6) is 0 Å². The van der Waals surface area contributed by atoms with Crippen LogP contribution in [0.15, 0.2) is 41.1 Å². The Kier molecular flexibility index (Phi) is 3.96. The number of nitrogens with two attached hydrogens (primary N) is 1. The molecular weight excluding hydrogens is 284 g/mol. The maximum Gasteiger partial charge on any atom is 0.125 e. The lowest BCUT2D eigenvalue weighted by molar-refractivity contribution is 0.986. The molecular formula is C16H16N2S2. The van der Waals surface area contributed by atoms with E-state index in [0.717, 1.165) is 17.1 Å². The standard InChI is InChI=1S/C16H16N2S2/c1-11-9-19-10-13(11)16-18-15(14(20-16)7-8-17)12-5-3-2-4-6-12/h2-6,9-10H,7-8,17H2,1H3. The first-order valence-corrected chi connectivity index (χ1v) is 8.34. The number of nitrogens with zero attached hydrogens (tertiary/aromatic N) is 1. The van der Waals surface area contributed by atoms with Crippen LogP contribution in [0.25, 0.3) is 21.8 Å². The van der Waals surface area contributed by atoms with Crippen LogP contribution in [0.3, 0.4) is 0 Å². The van der Waals surface area contributed by atoms with Gasteiger partial charge < -0.3 is 5.73 Å². The summed E-state index contributed by atoms with van der Waals surface area (Å²) in [7, 11) is 0. The average Bonchev–Trinajstić information content (AvgIpc) is 3.06. The van der Waals surface area contributed by atoms with Crippen molar-refractivity contribution >= 4 is 22.7 Å². The lowest BCUT2D eigenvalue weighted by Crippen LogP contribution is -2.02. The van der Waals surface area contributed by atoms with Gasteiger partial charge in [-0.2, -0.15) is 11.3 Å². The Hall–Kier alpha value is -1.49. The summed E-state index contributed by atoms with van der Waals surface area (Å²) in [5.41, 5.74) is 10.5. The van der Waals surface area contributed by atoms with E-state index in [1.54, 1.807) is 22.7 Å². The van der Waals surface area contributed by atoms with Crippen LogP contribution in [-0.2, 0) is 6.42 Å². The number of hydrogen-bond acceptors (Lipinski definition) is 4. The summed E-state index contributed by atoms with van der Waals surface area (Å²) < 4.78 is 0. The van der Waals surface area contributed by atoms with Crippen LogP contribution in [0, 0.1) is 6.92 Å². The molecule has 0 unspecified atom stereocenters. The molecule has 0 fully saturated rings. The van der Waals surface area contributed by atoms with Crippen molar-refractivity contribution < 1.29 is 0 Å². The van der Waals surface area contributed by atoms with Gasteiger partial charge in [0.2, 0.25) is 0 Å². The fourth-order valence-electron chi connectivity index (χ4n) is 2.17. The molecule has 0 amide bonds. The lowest BCUT2D eigenvalue weighted by Gasteiger charge is -2.00. The predicted molar refractivity (Wildman–Crippen MR) is 88.4 cm³/mol. The van der Waals surface area contributed by atoms with E-state index in [9.17, 15) is 0 Å². The summed E-state index contributed by atoms with van der Waals surface area (Å²) >= 11 is 3.49. The Balaban J connectivity index is 2.10. The number of hydrogen-bond donors (Lipinski definition) is 1. The molecule has 0 spiro atoms. The van der Waals surface area contributed by atoms with E-state index in [2.05, 4.69) is 41.9 Å². The molecule has 1 aromatic carbocycles. The fraction of sp³-hybridized carbons (Fsp3) is 0.188. The van der Waals surface area contributed by atoms with Crippen LogP contribution in [0.2, 0.25) is 0 Å². The summed E-state index contributed by atoms with van der Waals surface area (Å²) in [4.78, 5) is 6.15. The number of rotatable bonds is 4. The fourth-order valence-corrected chi connectivity index (χ4v) is 4.26. The number of aryl methyl sites for hydroxylation is 1. The maximum atomic E-state index is 5.75. The Morgan fingerprint density at radius 2 is 1.95 bits per heavy atom. The summed E-state index contributed by atoms with van der Waals surface area (Å²) in [6.07, 6.45) is 0.880. The van der Waals surface area contributed by atoms with Crippen LogP contribution in [0.4, 0.5) is 0 Å². The van der Waals surface area contributed by atoms with E-state index in [-0.39, 0.29) is 0 Å². The first-order valence-electron chi connectivity index (χ1n) is 6.58. The zero-order chi connectivity index (χ0) is 13.9. The van der Waals surface area contributed by atoms with Gasteiger partial charge in [0, 0.05) is 21.4 Å². The van der Waals surface area contributed by atoms with Crippen molar-refractivity contribution in [2.75, 3.05) is 6.54 Å². The molecule has 2 N–H and O–H groups in total.